The first kappa shape index (κ1) is 12.4. The van der Waals surface area contributed by atoms with Gasteiger partial charge < -0.3 is 14.9 Å². The number of nitrogens with zero attached hydrogens (tertiary/aromatic N) is 1. The van der Waals surface area contributed by atoms with Gasteiger partial charge in [-0.15, -0.1) is 0 Å². The lowest BCUT2D eigenvalue weighted by Crippen LogP contribution is -2.35. The van der Waals surface area contributed by atoms with E-state index >= 15 is 0 Å². The molecule has 2 rings (SSSR count). The standard InChI is InChI=1S/C12H17BFNO2/c1-9-4-6-15(7-5-9)10-2-3-11(13(16)17)12(14)8-10/h2-3,8-9,16-17H,4-7H2,1H3. The van der Waals surface area contributed by atoms with Crippen molar-refractivity contribution in [1.82, 2.24) is 0 Å². The van der Waals surface area contributed by atoms with Crippen LogP contribution in [-0.4, -0.2) is 30.3 Å². The average molecular weight is 237 g/mol. The molecule has 0 saturated carbocycles. The highest BCUT2D eigenvalue weighted by atomic mass is 19.1. The molecular formula is C12H17BFNO2. The highest BCUT2D eigenvalue weighted by Gasteiger charge is 2.20. The molecule has 0 radical (unpaired) electrons. The van der Waals surface area contributed by atoms with E-state index in [1.807, 2.05) is 0 Å². The number of anilines is 1. The zero-order chi connectivity index (χ0) is 12.4. The van der Waals surface area contributed by atoms with Gasteiger partial charge in [0, 0.05) is 24.2 Å². The fraction of sp³-hybridized carbons (Fsp3) is 0.500. The molecular weight excluding hydrogens is 220 g/mol. The minimum atomic E-state index is -1.74. The van der Waals surface area contributed by atoms with Crippen molar-refractivity contribution in [1.29, 1.82) is 0 Å². The lowest BCUT2D eigenvalue weighted by Gasteiger charge is -2.32. The van der Waals surface area contributed by atoms with E-state index in [1.165, 1.54) is 12.1 Å². The summed E-state index contributed by atoms with van der Waals surface area (Å²) in [6.45, 7) is 4.09. The Morgan fingerprint density at radius 1 is 1.29 bits per heavy atom. The van der Waals surface area contributed by atoms with Gasteiger partial charge in [-0.3, -0.25) is 0 Å². The van der Waals surface area contributed by atoms with E-state index in [0.717, 1.165) is 37.5 Å². The molecule has 92 valence electrons. The average Bonchev–Trinajstić information content (AvgIpc) is 2.29. The summed E-state index contributed by atoms with van der Waals surface area (Å²) in [5.41, 5.74) is 0.748. The van der Waals surface area contributed by atoms with E-state index in [2.05, 4.69) is 11.8 Å². The maximum atomic E-state index is 13.6. The first-order valence-corrected chi connectivity index (χ1v) is 5.98. The summed E-state index contributed by atoms with van der Waals surface area (Å²) < 4.78 is 13.6. The molecule has 0 aromatic heterocycles. The van der Waals surface area contributed by atoms with Crippen molar-refractivity contribution in [2.24, 2.45) is 5.92 Å². The molecule has 0 bridgehead atoms. The van der Waals surface area contributed by atoms with E-state index in [-0.39, 0.29) is 5.46 Å². The quantitative estimate of drug-likeness (QED) is 0.745. The fourth-order valence-corrected chi connectivity index (χ4v) is 2.19. The van der Waals surface area contributed by atoms with Gasteiger partial charge in [0.2, 0.25) is 0 Å². The third-order valence-corrected chi connectivity index (χ3v) is 3.41. The van der Waals surface area contributed by atoms with Crippen LogP contribution >= 0.6 is 0 Å². The topological polar surface area (TPSA) is 43.7 Å². The Labute approximate surface area is 101 Å². The van der Waals surface area contributed by atoms with E-state index in [0.29, 0.717) is 0 Å². The zero-order valence-corrected chi connectivity index (χ0v) is 9.93. The molecule has 0 unspecified atom stereocenters. The smallest absolute Gasteiger partial charge is 0.423 e. The Kier molecular flexibility index (Phi) is 3.69. The highest BCUT2D eigenvalue weighted by molar-refractivity contribution is 6.58. The number of piperidine rings is 1. The second kappa shape index (κ2) is 5.06. The van der Waals surface area contributed by atoms with Crippen LogP contribution < -0.4 is 10.4 Å². The maximum Gasteiger partial charge on any atom is 0.491 e. The molecule has 0 aliphatic carbocycles. The predicted molar refractivity (Wildman–Crippen MR) is 66.8 cm³/mol. The lowest BCUT2D eigenvalue weighted by molar-refractivity contribution is 0.423. The fourth-order valence-electron chi connectivity index (χ4n) is 2.19. The SMILES string of the molecule is CC1CCN(c2ccc(B(O)O)c(F)c2)CC1. The second-order valence-electron chi connectivity index (χ2n) is 4.75. The molecule has 1 heterocycles. The van der Waals surface area contributed by atoms with E-state index < -0.39 is 12.9 Å². The van der Waals surface area contributed by atoms with E-state index in [9.17, 15) is 4.39 Å². The third-order valence-electron chi connectivity index (χ3n) is 3.41. The molecule has 1 aliphatic heterocycles. The Morgan fingerprint density at radius 3 is 2.47 bits per heavy atom. The van der Waals surface area contributed by atoms with Gasteiger partial charge in [0.15, 0.2) is 0 Å². The van der Waals surface area contributed by atoms with Crippen LogP contribution in [0.2, 0.25) is 0 Å². The summed E-state index contributed by atoms with van der Waals surface area (Å²) in [5, 5.41) is 17.9. The van der Waals surface area contributed by atoms with Crippen molar-refractivity contribution in [3.8, 4) is 0 Å². The largest absolute Gasteiger partial charge is 0.491 e. The van der Waals surface area contributed by atoms with Gasteiger partial charge >= 0.3 is 7.12 Å². The van der Waals surface area contributed by atoms with Crippen LogP contribution in [0.15, 0.2) is 18.2 Å². The maximum absolute atomic E-state index is 13.6. The van der Waals surface area contributed by atoms with Crippen molar-refractivity contribution < 1.29 is 14.4 Å². The summed E-state index contributed by atoms with van der Waals surface area (Å²) >= 11 is 0. The predicted octanol–water partition coefficient (Wildman–Crippen LogP) is 0.742. The second-order valence-corrected chi connectivity index (χ2v) is 4.75. The molecule has 1 aromatic rings. The molecule has 1 aliphatic rings. The Morgan fingerprint density at radius 2 is 1.94 bits per heavy atom. The summed E-state index contributed by atoms with van der Waals surface area (Å²) in [6.07, 6.45) is 2.23. The molecule has 5 heteroatoms. The molecule has 0 spiro atoms. The van der Waals surface area contributed by atoms with Crippen LogP contribution in [0.3, 0.4) is 0 Å². The van der Waals surface area contributed by atoms with Crippen molar-refractivity contribution >= 4 is 18.3 Å². The molecule has 0 atom stereocenters. The van der Waals surface area contributed by atoms with E-state index in [1.54, 1.807) is 6.07 Å². The monoisotopic (exact) mass is 237 g/mol. The molecule has 1 aromatic carbocycles. The molecule has 3 nitrogen and oxygen atoms in total. The molecule has 17 heavy (non-hydrogen) atoms. The Hall–Kier alpha value is -1.07. The van der Waals surface area contributed by atoms with Gasteiger partial charge in [-0.2, -0.15) is 0 Å². The van der Waals surface area contributed by atoms with Gasteiger partial charge in [0.25, 0.3) is 0 Å². The Balaban J connectivity index is 2.14. The van der Waals surface area contributed by atoms with Gasteiger partial charge in [0.05, 0.1) is 0 Å². The van der Waals surface area contributed by atoms with Crippen LogP contribution in [0.1, 0.15) is 19.8 Å². The van der Waals surface area contributed by atoms with Gasteiger partial charge in [-0.05, 0) is 30.9 Å². The van der Waals surface area contributed by atoms with Crippen molar-refractivity contribution in [2.45, 2.75) is 19.8 Å². The molecule has 1 fully saturated rings. The van der Waals surface area contributed by atoms with Gasteiger partial charge in [0.1, 0.15) is 5.82 Å². The summed E-state index contributed by atoms with van der Waals surface area (Å²) in [7, 11) is -1.74. The van der Waals surface area contributed by atoms with E-state index in [4.69, 9.17) is 10.0 Å². The summed E-state index contributed by atoms with van der Waals surface area (Å²) in [6, 6.07) is 4.56. The van der Waals surface area contributed by atoms with Crippen molar-refractivity contribution in [3.63, 3.8) is 0 Å². The molecule has 2 N–H and O–H groups in total. The first-order valence-electron chi connectivity index (χ1n) is 5.98. The summed E-state index contributed by atoms with van der Waals surface area (Å²) in [5.74, 6) is 0.172. The van der Waals surface area contributed by atoms with Crippen LogP contribution in [-0.2, 0) is 0 Å². The number of rotatable bonds is 2. The number of hydrogen-bond donors (Lipinski definition) is 2. The minimum absolute atomic E-state index is 0.0703. The normalized spacial score (nSPS) is 17.3. The van der Waals surface area contributed by atoms with Crippen molar-refractivity contribution in [2.75, 3.05) is 18.0 Å². The van der Waals surface area contributed by atoms with Crippen LogP contribution in [0.5, 0.6) is 0 Å². The van der Waals surface area contributed by atoms with Crippen LogP contribution in [0, 0.1) is 11.7 Å². The molecule has 0 amide bonds. The minimum Gasteiger partial charge on any atom is -0.423 e. The molecule has 1 saturated heterocycles. The first-order chi connectivity index (χ1) is 8.08. The lowest BCUT2D eigenvalue weighted by atomic mass is 9.80. The van der Waals surface area contributed by atoms with Gasteiger partial charge in [-0.1, -0.05) is 13.0 Å². The summed E-state index contributed by atoms with van der Waals surface area (Å²) in [4.78, 5) is 2.14. The number of halogens is 1. The van der Waals surface area contributed by atoms with Crippen LogP contribution in [0.4, 0.5) is 10.1 Å². The highest BCUT2D eigenvalue weighted by Crippen LogP contribution is 2.22. The van der Waals surface area contributed by atoms with Crippen LogP contribution in [0.25, 0.3) is 0 Å². The van der Waals surface area contributed by atoms with Crippen molar-refractivity contribution in [3.05, 3.63) is 24.0 Å². The zero-order valence-electron chi connectivity index (χ0n) is 9.93. The Bertz CT molecular complexity index is 392. The van der Waals surface area contributed by atoms with Gasteiger partial charge in [-0.25, -0.2) is 4.39 Å². The third kappa shape index (κ3) is 2.79. The number of benzene rings is 1. The number of hydrogen-bond acceptors (Lipinski definition) is 3.